The normalized spacial score (nSPS) is 12.5. The second-order valence-corrected chi connectivity index (χ2v) is 13.5. The maximum absolute atomic E-state index is 14.0. The van der Waals surface area contributed by atoms with Gasteiger partial charge in [0.1, 0.15) is 17.7 Å². The van der Waals surface area contributed by atoms with Gasteiger partial charge < -0.3 is 20.7 Å². The Hall–Kier alpha value is -4.44. The summed E-state index contributed by atoms with van der Waals surface area (Å²) in [5.74, 6) is -2.17. The summed E-state index contributed by atoms with van der Waals surface area (Å²) in [6, 6.07) is 26.2. The minimum Gasteiger partial charge on any atom is -0.456 e. The minimum absolute atomic E-state index is 0.0796. The van der Waals surface area contributed by atoms with E-state index in [9.17, 15) is 18.4 Å². The summed E-state index contributed by atoms with van der Waals surface area (Å²) in [4.78, 5) is 29.9. The summed E-state index contributed by atoms with van der Waals surface area (Å²) in [6.07, 6.45) is 0.879. The number of nitrogens with zero attached hydrogens (tertiary/aromatic N) is 1. The molecule has 1 amide bonds. The second kappa shape index (κ2) is 16.8. The number of esters is 1. The number of fused-ring (bicyclic) bond motifs is 1. The topological polar surface area (TPSA) is 84.7 Å². The summed E-state index contributed by atoms with van der Waals surface area (Å²) in [5, 5.41) is 4.58. The first-order valence-electron chi connectivity index (χ1n) is 16.7. The van der Waals surface area contributed by atoms with Crippen LogP contribution in [0.4, 0.5) is 8.78 Å². The fraction of sp³-hybridized carbons (Fsp3) is 0.300. The second-order valence-electron chi connectivity index (χ2n) is 12.4. The van der Waals surface area contributed by atoms with Crippen molar-refractivity contribution in [1.82, 2.24) is 10.2 Å². The molecule has 0 aliphatic carbocycles. The van der Waals surface area contributed by atoms with E-state index in [0.29, 0.717) is 30.8 Å². The molecule has 1 aromatic heterocycles. The zero-order chi connectivity index (χ0) is 34.9. The average molecular weight is 684 g/mol. The molecule has 49 heavy (non-hydrogen) atoms. The van der Waals surface area contributed by atoms with Crippen LogP contribution in [0.15, 0.2) is 91.0 Å². The van der Waals surface area contributed by atoms with E-state index >= 15 is 0 Å². The number of thiophene rings is 1. The van der Waals surface area contributed by atoms with Gasteiger partial charge >= 0.3 is 5.97 Å². The van der Waals surface area contributed by atoms with E-state index in [-0.39, 0.29) is 24.4 Å². The van der Waals surface area contributed by atoms with Crippen molar-refractivity contribution < 1.29 is 23.1 Å². The fourth-order valence-electron chi connectivity index (χ4n) is 6.00. The molecule has 0 radical (unpaired) electrons. The summed E-state index contributed by atoms with van der Waals surface area (Å²) < 4.78 is 35.2. The number of nitrogens with two attached hydrogens (primary N) is 1. The number of hydrogen-bond acceptors (Lipinski definition) is 6. The lowest BCUT2D eigenvalue weighted by Crippen LogP contribution is -2.46. The first kappa shape index (κ1) is 35.9. The lowest BCUT2D eigenvalue weighted by atomic mass is 10.0. The molecule has 0 unspecified atom stereocenters. The van der Waals surface area contributed by atoms with Crippen molar-refractivity contribution in [3.8, 4) is 10.4 Å². The van der Waals surface area contributed by atoms with Gasteiger partial charge in [-0.25, -0.2) is 13.6 Å². The van der Waals surface area contributed by atoms with E-state index in [1.807, 2.05) is 45.0 Å². The van der Waals surface area contributed by atoms with Crippen LogP contribution in [0.5, 0.6) is 0 Å². The summed E-state index contributed by atoms with van der Waals surface area (Å²) in [6.45, 7) is 7.78. The van der Waals surface area contributed by atoms with Gasteiger partial charge in [-0.1, -0.05) is 50.2 Å². The molecule has 3 N–H and O–H groups in total. The van der Waals surface area contributed by atoms with Crippen LogP contribution in [0.1, 0.15) is 64.1 Å². The summed E-state index contributed by atoms with van der Waals surface area (Å²) in [7, 11) is 0. The van der Waals surface area contributed by atoms with Crippen molar-refractivity contribution in [2.45, 2.75) is 58.7 Å². The first-order chi connectivity index (χ1) is 23.6. The Balaban J connectivity index is 1.33. The predicted octanol–water partition coefficient (Wildman–Crippen LogP) is 8.30. The van der Waals surface area contributed by atoms with Crippen LogP contribution in [0.25, 0.3) is 20.5 Å². The molecule has 4 aromatic carbocycles. The van der Waals surface area contributed by atoms with Gasteiger partial charge in [-0.3, -0.25) is 4.79 Å². The summed E-state index contributed by atoms with van der Waals surface area (Å²) >= 11 is 1.74. The van der Waals surface area contributed by atoms with Crippen molar-refractivity contribution in [3.63, 3.8) is 0 Å². The lowest BCUT2D eigenvalue weighted by Gasteiger charge is -2.25. The Bertz CT molecular complexity index is 1850. The fourth-order valence-corrected chi connectivity index (χ4v) is 7.06. The number of halogens is 2. The number of carbonyl (C=O) groups is 2. The highest BCUT2D eigenvalue weighted by atomic mass is 32.1. The van der Waals surface area contributed by atoms with Crippen LogP contribution >= 0.6 is 11.3 Å². The van der Waals surface area contributed by atoms with Crippen molar-refractivity contribution in [3.05, 3.63) is 130 Å². The molecule has 1 heterocycles. The zero-order valence-electron chi connectivity index (χ0n) is 28.2. The van der Waals surface area contributed by atoms with Crippen molar-refractivity contribution in [1.29, 1.82) is 0 Å². The molecule has 0 aliphatic rings. The molecule has 6 nitrogen and oxygen atoms in total. The van der Waals surface area contributed by atoms with Gasteiger partial charge in [0.2, 0.25) is 0 Å². The lowest BCUT2D eigenvalue weighted by molar-refractivity contribution is 0.0238. The molecule has 0 bridgehead atoms. The van der Waals surface area contributed by atoms with Gasteiger partial charge in [0.15, 0.2) is 0 Å². The van der Waals surface area contributed by atoms with Gasteiger partial charge in [0.25, 0.3) is 5.91 Å². The van der Waals surface area contributed by atoms with Crippen LogP contribution < -0.4 is 11.1 Å². The monoisotopic (exact) mass is 683 g/mol. The van der Waals surface area contributed by atoms with Crippen LogP contribution in [-0.2, 0) is 17.7 Å². The molecular formula is C40H43F2N3O3S. The van der Waals surface area contributed by atoms with E-state index in [2.05, 4.69) is 35.6 Å². The van der Waals surface area contributed by atoms with Crippen molar-refractivity contribution >= 4 is 33.3 Å². The van der Waals surface area contributed by atoms with Crippen LogP contribution in [0.3, 0.4) is 0 Å². The highest BCUT2D eigenvalue weighted by Crippen LogP contribution is 2.33. The number of aryl methyl sites for hydroxylation is 1. The van der Waals surface area contributed by atoms with Crippen LogP contribution in [0, 0.1) is 18.6 Å². The molecular weight excluding hydrogens is 641 g/mol. The highest BCUT2D eigenvalue weighted by molar-refractivity contribution is 7.22. The highest BCUT2D eigenvalue weighted by Gasteiger charge is 2.25. The standard InChI is InChI=1S/C40H43F2N3O3S/c1-4-13-45(14-5-2)39(46)31-15-26(3)16-32(21-31)40(47)48-36(35(43)20-28-18-33(41)23-34(42)19-28)25-44-24-27-9-8-11-29(17-27)38-22-30-10-6-7-12-37(30)49-38/h6-12,15-19,21-23,35-36,44H,4-5,13-14,20,24-25,43H2,1-3H3/t35-,36+/m0/s1. The third-order valence-electron chi connectivity index (χ3n) is 8.28. The number of amides is 1. The molecule has 2 atom stereocenters. The van der Waals surface area contributed by atoms with Crippen molar-refractivity contribution in [2.75, 3.05) is 19.6 Å². The van der Waals surface area contributed by atoms with Gasteiger partial charge in [-0.15, -0.1) is 11.3 Å². The zero-order valence-corrected chi connectivity index (χ0v) is 29.0. The van der Waals surface area contributed by atoms with Gasteiger partial charge in [0, 0.05) is 53.4 Å². The molecule has 0 saturated carbocycles. The molecule has 5 aromatic rings. The van der Waals surface area contributed by atoms with Crippen molar-refractivity contribution in [2.24, 2.45) is 5.73 Å². The predicted molar refractivity (Wildman–Crippen MR) is 194 cm³/mol. The number of rotatable bonds is 15. The van der Waals surface area contributed by atoms with Gasteiger partial charge in [0.05, 0.1) is 5.56 Å². The Labute approximate surface area is 290 Å². The molecule has 256 valence electrons. The Morgan fingerprint density at radius 1 is 0.857 bits per heavy atom. The number of nitrogens with one attached hydrogen (secondary N) is 1. The Kier molecular flexibility index (Phi) is 12.3. The third-order valence-corrected chi connectivity index (χ3v) is 9.44. The Morgan fingerprint density at radius 3 is 2.29 bits per heavy atom. The number of carbonyl (C=O) groups excluding carboxylic acids is 2. The average Bonchev–Trinajstić information content (AvgIpc) is 3.51. The molecule has 0 fully saturated rings. The molecule has 5 rings (SSSR count). The van der Waals surface area contributed by atoms with Crippen LogP contribution in [0.2, 0.25) is 0 Å². The van der Waals surface area contributed by atoms with E-state index in [1.54, 1.807) is 34.4 Å². The third kappa shape index (κ3) is 9.59. The number of benzene rings is 4. The van der Waals surface area contributed by atoms with Gasteiger partial charge in [-0.05, 0) is 102 Å². The molecule has 0 spiro atoms. The smallest absolute Gasteiger partial charge is 0.338 e. The van der Waals surface area contributed by atoms with E-state index in [1.165, 1.54) is 27.1 Å². The molecule has 9 heteroatoms. The quantitative estimate of drug-likeness (QED) is 0.109. The van der Waals surface area contributed by atoms with E-state index in [0.717, 1.165) is 35.6 Å². The number of ether oxygens (including phenoxy) is 1. The largest absolute Gasteiger partial charge is 0.456 e. The van der Waals surface area contributed by atoms with Crippen LogP contribution in [-0.4, -0.2) is 48.6 Å². The maximum atomic E-state index is 14.0. The van der Waals surface area contributed by atoms with E-state index < -0.39 is 29.7 Å². The SMILES string of the molecule is CCCN(CCC)C(=O)c1cc(C)cc(C(=O)O[C@H](CNCc2cccc(-c3cc4ccccc4s3)c2)[C@@H](N)Cc2cc(F)cc(F)c2)c1. The Morgan fingerprint density at radius 2 is 1.57 bits per heavy atom. The number of hydrogen-bond donors (Lipinski definition) is 2. The first-order valence-corrected chi connectivity index (χ1v) is 17.6. The molecule has 0 saturated heterocycles. The summed E-state index contributed by atoms with van der Waals surface area (Å²) in [5.41, 5.74) is 10.5. The van der Waals surface area contributed by atoms with Gasteiger partial charge in [-0.2, -0.15) is 0 Å². The van der Waals surface area contributed by atoms with E-state index in [4.69, 9.17) is 10.5 Å². The molecule has 0 aliphatic heterocycles. The maximum Gasteiger partial charge on any atom is 0.338 e. The minimum atomic E-state index is -0.846.